The Morgan fingerprint density at radius 3 is 2.10 bits per heavy atom. The third-order valence-corrected chi connectivity index (χ3v) is 6.25. The summed E-state index contributed by atoms with van der Waals surface area (Å²) in [5.74, 6) is 1.10. The van der Waals surface area contributed by atoms with Gasteiger partial charge in [-0.15, -0.1) is 0 Å². The number of benzene rings is 5. The lowest BCUT2D eigenvalue weighted by molar-refractivity contribution is 0.414. The first-order valence-electron chi connectivity index (χ1n) is 10.0. The van der Waals surface area contributed by atoms with Crippen molar-refractivity contribution in [2.75, 3.05) is 7.11 Å². The molecule has 0 N–H and O–H groups in total. The van der Waals surface area contributed by atoms with Gasteiger partial charge < -0.3 is 4.74 Å². The molecule has 0 saturated heterocycles. The van der Waals surface area contributed by atoms with Gasteiger partial charge in [0.15, 0.2) is 0 Å². The van der Waals surface area contributed by atoms with Gasteiger partial charge in [0.1, 0.15) is 5.75 Å². The second-order valence-electron chi connectivity index (χ2n) is 7.70. The van der Waals surface area contributed by atoms with Crippen LogP contribution in [0.5, 0.6) is 5.75 Å². The van der Waals surface area contributed by atoms with Crippen LogP contribution in [0.1, 0.15) is 22.6 Å². The van der Waals surface area contributed by atoms with Crippen molar-refractivity contribution in [3.8, 4) is 16.9 Å². The molecule has 1 nitrogen and oxygen atoms in total. The summed E-state index contributed by atoms with van der Waals surface area (Å²) in [5, 5.41) is 5.21. The topological polar surface area (TPSA) is 9.23 Å². The highest BCUT2D eigenvalue weighted by atomic mass is 16.5. The van der Waals surface area contributed by atoms with Crippen LogP contribution in [0.2, 0.25) is 0 Å². The number of ether oxygens (including phenoxy) is 1. The molecule has 1 aliphatic carbocycles. The Labute approximate surface area is 170 Å². The molecular formula is C28H20O. The van der Waals surface area contributed by atoms with Crippen LogP contribution in [0.25, 0.3) is 32.7 Å². The van der Waals surface area contributed by atoms with E-state index in [0.717, 1.165) is 5.75 Å². The lowest BCUT2D eigenvalue weighted by Gasteiger charge is -2.19. The molecule has 1 heteroatoms. The molecule has 1 atom stereocenters. The van der Waals surface area contributed by atoms with Crippen LogP contribution in [0.15, 0.2) is 97.1 Å². The van der Waals surface area contributed by atoms with E-state index in [1.165, 1.54) is 49.4 Å². The van der Waals surface area contributed by atoms with Crippen molar-refractivity contribution in [3.63, 3.8) is 0 Å². The van der Waals surface area contributed by atoms with Gasteiger partial charge in [0.2, 0.25) is 0 Å². The Morgan fingerprint density at radius 1 is 0.586 bits per heavy atom. The molecule has 0 heterocycles. The molecule has 138 valence electrons. The molecule has 5 aromatic rings. The van der Waals surface area contributed by atoms with E-state index in [-0.39, 0.29) is 5.92 Å². The third-order valence-electron chi connectivity index (χ3n) is 6.25. The second-order valence-corrected chi connectivity index (χ2v) is 7.70. The second kappa shape index (κ2) is 6.22. The highest BCUT2D eigenvalue weighted by molar-refractivity contribution is 5.99. The van der Waals surface area contributed by atoms with Crippen LogP contribution in [-0.4, -0.2) is 7.11 Å². The quantitative estimate of drug-likeness (QED) is 0.313. The number of fused-ring (bicyclic) bond motifs is 6. The molecule has 0 aromatic heterocycles. The fraction of sp³-hybridized carbons (Fsp3) is 0.0714. The van der Waals surface area contributed by atoms with Crippen LogP contribution in [0, 0.1) is 0 Å². The van der Waals surface area contributed by atoms with Crippen LogP contribution in [-0.2, 0) is 0 Å². The Bertz CT molecular complexity index is 1390. The molecular weight excluding hydrogens is 352 g/mol. The predicted octanol–water partition coefficient (Wildman–Crippen LogP) is 7.16. The summed E-state index contributed by atoms with van der Waals surface area (Å²) in [6, 6.07) is 35.1. The van der Waals surface area contributed by atoms with Gasteiger partial charge in [-0.2, -0.15) is 0 Å². The highest BCUT2D eigenvalue weighted by Gasteiger charge is 2.32. The molecule has 0 aliphatic heterocycles. The van der Waals surface area contributed by atoms with E-state index in [9.17, 15) is 0 Å². The Kier molecular flexibility index (Phi) is 3.51. The van der Waals surface area contributed by atoms with Crippen molar-refractivity contribution in [2.45, 2.75) is 5.92 Å². The van der Waals surface area contributed by atoms with Gasteiger partial charge in [0.25, 0.3) is 0 Å². The molecule has 0 spiro atoms. The zero-order valence-corrected chi connectivity index (χ0v) is 16.2. The van der Waals surface area contributed by atoms with Gasteiger partial charge in [-0.25, -0.2) is 0 Å². The first-order chi connectivity index (χ1) is 14.3. The minimum Gasteiger partial charge on any atom is -0.497 e. The van der Waals surface area contributed by atoms with E-state index >= 15 is 0 Å². The monoisotopic (exact) mass is 372 g/mol. The van der Waals surface area contributed by atoms with Crippen molar-refractivity contribution >= 4 is 21.5 Å². The van der Waals surface area contributed by atoms with Crippen molar-refractivity contribution in [1.82, 2.24) is 0 Å². The number of hydrogen-bond donors (Lipinski definition) is 0. The van der Waals surface area contributed by atoms with E-state index in [4.69, 9.17) is 4.74 Å². The lowest BCUT2D eigenvalue weighted by Crippen LogP contribution is -2.01. The van der Waals surface area contributed by atoms with Gasteiger partial charge in [-0.1, -0.05) is 84.9 Å². The summed E-state index contributed by atoms with van der Waals surface area (Å²) in [6.45, 7) is 0. The summed E-state index contributed by atoms with van der Waals surface area (Å²) >= 11 is 0. The normalized spacial score (nSPS) is 14.7. The van der Waals surface area contributed by atoms with Gasteiger partial charge in [-0.3, -0.25) is 0 Å². The molecule has 29 heavy (non-hydrogen) atoms. The van der Waals surface area contributed by atoms with Crippen molar-refractivity contribution in [3.05, 3.63) is 114 Å². The largest absolute Gasteiger partial charge is 0.497 e. The molecule has 1 aliphatic rings. The summed E-state index contributed by atoms with van der Waals surface area (Å²) < 4.78 is 5.60. The van der Waals surface area contributed by atoms with Crippen molar-refractivity contribution in [1.29, 1.82) is 0 Å². The van der Waals surface area contributed by atoms with Crippen LogP contribution in [0.4, 0.5) is 0 Å². The number of methoxy groups -OCH3 is 1. The van der Waals surface area contributed by atoms with Gasteiger partial charge >= 0.3 is 0 Å². The average molecular weight is 372 g/mol. The fourth-order valence-electron chi connectivity index (χ4n) is 4.97. The standard InChI is InChI=1S/C28H20O/c1-29-20-14-16-23-25-15-13-19-8-3-5-11-22(19)27(25)28(26(23)17-20)24-12-6-9-18-7-2-4-10-21(18)24/h2-17,28H,1H3. The molecule has 6 rings (SSSR count). The Hall–Kier alpha value is -3.58. The molecule has 0 saturated carbocycles. The Balaban J connectivity index is 1.75. The number of rotatable bonds is 2. The van der Waals surface area contributed by atoms with Gasteiger partial charge in [-0.05, 0) is 61.5 Å². The fourth-order valence-corrected chi connectivity index (χ4v) is 4.97. The first kappa shape index (κ1) is 16.4. The van der Waals surface area contributed by atoms with Gasteiger partial charge in [0, 0.05) is 5.92 Å². The maximum Gasteiger partial charge on any atom is 0.119 e. The summed E-state index contributed by atoms with van der Waals surface area (Å²) in [4.78, 5) is 0. The van der Waals surface area contributed by atoms with Crippen LogP contribution >= 0.6 is 0 Å². The molecule has 5 aromatic carbocycles. The number of hydrogen-bond acceptors (Lipinski definition) is 1. The molecule has 0 amide bonds. The minimum absolute atomic E-state index is 0.187. The maximum atomic E-state index is 5.60. The van der Waals surface area contributed by atoms with Crippen molar-refractivity contribution < 1.29 is 4.74 Å². The summed E-state index contributed by atoms with van der Waals surface area (Å²) in [5.41, 5.74) is 6.73. The summed E-state index contributed by atoms with van der Waals surface area (Å²) in [6.07, 6.45) is 0. The van der Waals surface area contributed by atoms with Gasteiger partial charge in [0.05, 0.1) is 7.11 Å². The summed E-state index contributed by atoms with van der Waals surface area (Å²) in [7, 11) is 1.74. The van der Waals surface area contributed by atoms with Crippen LogP contribution in [0.3, 0.4) is 0 Å². The highest BCUT2D eigenvalue weighted by Crippen LogP contribution is 2.52. The smallest absolute Gasteiger partial charge is 0.119 e. The van der Waals surface area contributed by atoms with E-state index in [0.29, 0.717) is 0 Å². The molecule has 1 unspecified atom stereocenters. The average Bonchev–Trinajstić information content (AvgIpc) is 3.12. The lowest BCUT2D eigenvalue weighted by atomic mass is 9.84. The minimum atomic E-state index is 0.187. The molecule has 0 fully saturated rings. The SMILES string of the molecule is COc1ccc2c(c1)C(c1cccc3ccccc13)c1c-2ccc2ccccc12. The van der Waals surface area contributed by atoms with Crippen molar-refractivity contribution in [2.24, 2.45) is 0 Å². The van der Waals surface area contributed by atoms with E-state index in [1.54, 1.807) is 7.11 Å². The van der Waals surface area contributed by atoms with E-state index < -0.39 is 0 Å². The zero-order valence-electron chi connectivity index (χ0n) is 16.2. The van der Waals surface area contributed by atoms with E-state index in [1.807, 2.05) is 0 Å². The van der Waals surface area contributed by atoms with E-state index in [2.05, 4.69) is 97.1 Å². The maximum absolute atomic E-state index is 5.60. The first-order valence-corrected chi connectivity index (χ1v) is 10.0. The predicted molar refractivity (Wildman–Crippen MR) is 121 cm³/mol. The zero-order chi connectivity index (χ0) is 19.4. The van der Waals surface area contributed by atoms with Crippen LogP contribution < -0.4 is 4.74 Å². The third kappa shape index (κ3) is 2.34. The molecule has 0 bridgehead atoms. The Morgan fingerprint density at radius 2 is 1.28 bits per heavy atom. The molecule has 0 radical (unpaired) electrons.